The molecule has 0 bridgehead atoms. The molecule has 132 valence electrons. The maximum Gasteiger partial charge on any atom is 0.233 e. The third kappa shape index (κ3) is 3.82. The normalized spacial score (nSPS) is 18.8. The van der Waals surface area contributed by atoms with Crippen LogP contribution in [0.4, 0.5) is 0 Å². The number of piperidine rings is 1. The zero-order valence-electron chi connectivity index (χ0n) is 13.7. The third-order valence-corrected chi connectivity index (χ3v) is 6.56. The predicted octanol–water partition coefficient (Wildman–Crippen LogP) is 2.21. The van der Waals surface area contributed by atoms with Gasteiger partial charge in [-0.1, -0.05) is 17.8 Å². The molecule has 6 nitrogen and oxygen atoms in total. The summed E-state index contributed by atoms with van der Waals surface area (Å²) >= 11 is 1.54. The molecular weight excluding hydrogens is 356 g/mol. The summed E-state index contributed by atoms with van der Waals surface area (Å²) in [5.74, 6) is 0.416. The molecule has 0 aromatic carbocycles. The first-order valence-corrected chi connectivity index (χ1v) is 10.7. The Morgan fingerprint density at radius 1 is 1.36 bits per heavy atom. The molecule has 4 rings (SSSR count). The van der Waals surface area contributed by atoms with Gasteiger partial charge in [-0.05, 0) is 56.1 Å². The van der Waals surface area contributed by atoms with Crippen LogP contribution in [0.2, 0.25) is 0 Å². The lowest BCUT2D eigenvalue weighted by Gasteiger charge is -2.22. The Bertz CT molecular complexity index is 941. The summed E-state index contributed by atoms with van der Waals surface area (Å²) in [6.45, 7) is 2.43. The highest BCUT2D eigenvalue weighted by atomic mass is 32.2. The van der Waals surface area contributed by atoms with Gasteiger partial charge in [-0.3, -0.25) is 4.40 Å². The molecule has 0 unspecified atom stereocenters. The molecule has 0 spiro atoms. The molecule has 1 fully saturated rings. The molecule has 0 radical (unpaired) electrons. The van der Waals surface area contributed by atoms with E-state index < -0.39 is 10.0 Å². The molecule has 2 aliphatic rings. The highest BCUT2D eigenvalue weighted by Crippen LogP contribution is 2.34. The Labute approximate surface area is 151 Å². The molecule has 0 amide bonds. The number of imidazole rings is 1. The van der Waals surface area contributed by atoms with Crippen molar-refractivity contribution in [3.8, 4) is 0 Å². The van der Waals surface area contributed by atoms with Crippen molar-refractivity contribution < 1.29 is 8.42 Å². The highest BCUT2D eigenvalue weighted by Gasteiger charge is 2.17. The van der Waals surface area contributed by atoms with Crippen molar-refractivity contribution in [2.45, 2.75) is 17.9 Å². The Kier molecular flexibility index (Phi) is 4.68. The second kappa shape index (κ2) is 6.95. The van der Waals surface area contributed by atoms with Crippen LogP contribution >= 0.6 is 11.8 Å². The quantitative estimate of drug-likeness (QED) is 0.837. The summed E-state index contributed by atoms with van der Waals surface area (Å²) < 4.78 is 29.2. The number of allylic oxidation sites excluding steroid dienone is 1. The van der Waals surface area contributed by atoms with Crippen LogP contribution in [-0.4, -0.2) is 37.4 Å². The molecule has 0 atom stereocenters. The Morgan fingerprint density at radius 3 is 3.04 bits per heavy atom. The predicted molar refractivity (Wildman–Crippen MR) is 101 cm³/mol. The number of pyridine rings is 1. The molecule has 2 aliphatic heterocycles. The van der Waals surface area contributed by atoms with Crippen LogP contribution in [0.5, 0.6) is 0 Å². The lowest BCUT2D eigenvalue weighted by Crippen LogP contribution is -2.35. The van der Waals surface area contributed by atoms with Crippen molar-refractivity contribution in [3.63, 3.8) is 0 Å². The van der Waals surface area contributed by atoms with Gasteiger partial charge in [0.15, 0.2) is 0 Å². The van der Waals surface area contributed by atoms with E-state index >= 15 is 0 Å². The number of thioether (sulfide) groups is 1. The van der Waals surface area contributed by atoms with E-state index in [1.54, 1.807) is 12.3 Å². The monoisotopic (exact) mass is 376 g/mol. The lowest BCUT2D eigenvalue weighted by atomic mass is 9.99. The minimum absolute atomic E-state index is 0.416. The molecular formula is C17H20N4O2S2. The van der Waals surface area contributed by atoms with Gasteiger partial charge in [0.25, 0.3) is 0 Å². The fourth-order valence-corrected chi connectivity index (χ4v) is 5.08. The molecule has 2 N–H and O–H groups in total. The van der Waals surface area contributed by atoms with E-state index in [4.69, 9.17) is 0 Å². The van der Waals surface area contributed by atoms with E-state index in [0.29, 0.717) is 12.5 Å². The summed E-state index contributed by atoms with van der Waals surface area (Å²) in [7, 11) is -3.42. The first-order valence-electron chi connectivity index (χ1n) is 8.35. The Morgan fingerprint density at radius 2 is 2.20 bits per heavy atom. The summed E-state index contributed by atoms with van der Waals surface area (Å²) in [4.78, 5) is 5.24. The van der Waals surface area contributed by atoms with Crippen LogP contribution in [-0.2, 0) is 10.0 Å². The van der Waals surface area contributed by atoms with Crippen LogP contribution in [0.25, 0.3) is 11.7 Å². The van der Waals surface area contributed by atoms with Crippen molar-refractivity contribution in [2.24, 2.45) is 5.92 Å². The number of sulfonamides is 1. The topological polar surface area (TPSA) is 75.5 Å². The fourth-order valence-electron chi connectivity index (χ4n) is 3.11. The molecule has 4 heterocycles. The van der Waals surface area contributed by atoms with Gasteiger partial charge in [-0.15, -0.1) is 0 Å². The molecule has 2 aromatic rings. The minimum atomic E-state index is -3.42. The van der Waals surface area contributed by atoms with E-state index in [1.807, 2.05) is 24.3 Å². The van der Waals surface area contributed by atoms with Crippen LogP contribution in [0, 0.1) is 5.92 Å². The van der Waals surface area contributed by atoms with Crippen molar-refractivity contribution in [1.29, 1.82) is 0 Å². The molecule has 8 heteroatoms. The van der Waals surface area contributed by atoms with Crippen LogP contribution in [0.3, 0.4) is 0 Å². The molecule has 1 saturated heterocycles. The first-order chi connectivity index (χ1) is 12.1. The van der Waals surface area contributed by atoms with Crippen molar-refractivity contribution in [1.82, 2.24) is 19.4 Å². The standard InChI is InChI=1S/C17H20N4O2S2/c22-25(23,20-11-13-4-7-18-8-5-13)9-6-15-10-14-12-19-16-2-1-3-17(24-15)21(14)16/h1-3,6,9-10,12-13,18,20H,4-5,7-8,11H2/b9-6+. The number of nitrogens with zero attached hydrogens (tertiary/aromatic N) is 2. The maximum atomic E-state index is 12.2. The number of hydrogen-bond donors (Lipinski definition) is 2. The zero-order valence-corrected chi connectivity index (χ0v) is 15.3. The van der Waals surface area contributed by atoms with Crippen molar-refractivity contribution >= 4 is 33.5 Å². The number of hydrogen-bond acceptors (Lipinski definition) is 5. The first kappa shape index (κ1) is 16.8. The van der Waals surface area contributed by atoms with Gasteiger partial charge in [0.05, 0.1) is 16.9 Å². The molecule has 25 heavy (non-hydrogen) atoms. The largest absolute Gasteiger partial charge is 0.317 e. The molecule has 0 aliphatic carbocycles. The maximum absolute atomic E-state index is 12.2. The second-order valence-corrected chi connectivity index (χ2v) is 9.02. The van der Waals surface area contributed by atoms with E-state index in [0.717, 1.165) is 47.2 Å². The van der Waals surface area contributed by atoms with Crippen LogP contribution in [0.15, 0.2) is 45.8 Å². The van der Waals surface area contributed by atoms with E-state index in [-0.39, 0.29) is 0 Å². The van der Waals surface area contributed by atoms with Gasteiger partial charge < -0.3 is 5.32 Å². The Hall–Kier alpha value is -1.61. The minimum Gasteiger partial charge on any atom is -0.317 e. The van der Waals surface area contributed by atoms with Gasteiger partial charge in [0, 0.05) is 16.9 Å². The van der Waals surface area contributed by atoms with Crippen LogP contribution in [0.1, 0.15) is 18.5 Å². The van der Waals surface area contributed by atoms with Gasteiger partial charge in [0.2, 0.25) is 10.0 Å². The molecule has 2 aromatic heterocycles. The SMILES string of the molecule is O=S(=O)(/C=C/C1=Cc2cnc3cccc(n23)S1)NCC1CCNCC1. The van der Waals surface area contributed by atoms with Gasteiger partial charge in [-0.25, -0.2) is 18.1 Å². The average molecular weight is 377 g/mol. The summed E-state index contributed by atoms with van der Waals surface area (Å²) in [5, 5.41) is 5.58. The van der Waals surface area contributed by atoms with Gasteiger partial charge >= 0.3 is 0 Å². The van der Waals surface area contributed by atoms with E-state index in [9.17, 15) is 8.42 Å². The fraction of sp³-hybridized carbons (Fsp3) is 0.353. The zero-order chi connectivity index (χ0) is 17.3. The second-order valence-electron chi connectivity index (χ2n) is 6.28. The smallest absolute Gasteiger partial charge is 0.233 e. The average Bonchev–Trinajstić information content (AvgIpc) is 3.04. The van der Waals surface area contributed by atoms with Gasteiger partial charge in [-0.2, -0.15) is 0 Å². The third-order valence-electron chi connectivity index (χ3n) is 4.48. The number of nitrogens with one attached hydrogen (secondary N) is 2. The van der Waals surface area contributed by atoms with Crippen LogP contribution < -0.4 is 10.0 Å². The summed E-state index contributed by atoms with van der Waals surface area (Å²) in [6, 6.07) is 5.92. The van der Waals surface area contributed by atoms with Gasteiger partial charge in [0.1, 0.15) is 5.65 Å². The summed E-state index contributed by atoms with van der Waals surface area (Å²) in [6.07, 6.45) is 7.44. The van der Waals surface area contributed by atoms with Crippen molar-refractivity contribution in [3.05, 3.63) is 46.5 Å². The van der Waals surface area contributed by atoms with Crippen molar-refractivity contribution in [2.75, 3.05) is 19.6 Å². The molecule has 0 saturated carbocycles. The number of rotatable bonds is 5. The number of aromatic nitrogens is 2. The van der Waals surface area contributed by atoms with E-state index in [1.165, 1.54) is 17.2 Å². The highest BCUT2D eigenvalue weighted by molar-refractivity contribution is 8.03. The summed E-state index contributed by atoms with van der Waals surface area (Å²) in [5.41, 5.74) is 1.86. The Balaban J connectivity index is 1.45. The lowest BCUT2D eigenvalue weighted by molar-refractivity contribution is 0.373. The van der Waals surface area contributed by atoms with E-state index in [2.05, 4.69) is 19.4 Å².